The van der Waals surface area contributed by atoms with E-state index in [0.717, 1.165) is 51.4 Å². The first kappa shape index (κ1) is 37.2. The molecule has 2 unspecified atom stereocenters. The van der Waals surface area contributed by atoms with Gasteiger partial charge in [-0.15, -0.1) is 0 Å². The van der Waals surface area contributed by atoms with Crippen LogP contribution in [-0.2, 0) is 32.7 Å². The number of carbonyl (C=O) groups excluding carboxylic acids is 2. The normalized spacial score (nSPS) is 14.7. The molecule has 0 aliphatic heterocycles. The molecule has 0 rings (SSSR count). The van der Waals surface area contributed by atoms with Crippen LogP contribution in [0.2, 0.25) is 0 Å². The molecule has 0 aromatic carbocycles. The topological polar surface area (TPSA) is 108 Å². The van der Waals surface area contributed by atoms with Gasteiger partial charge in [-0.2, -0.15) is 0 Å². The second kappa shape index (κ2) is 23.0. The summed E-state index contributed by atoms with van der Waals surface area (Å²) in [5.41, 5.74) is 0. The zero-order chi connectivity index (χ0) is 29.4. The SMILES string of the molecule is CC/C=C\C/C=C\C/C=C\CCCCCCCC(=O)OC(COC(=O)CC)COP(=O)(O)OCC[N+](C)(C)C. The summed E-state index contributed by atoms with van der Waals surface area (Å²) in [7, 11) is 1.45. The van der Waals surface area contributed by atoms with Crippen molar-refractivity contribution in [2.24, 2.45) is 0 Å². The maximum atomic E-state index is 12.3. The molecule has 0 aliphatic rings. The summed E-state index contributed by atoms with van der Waals surface area (Å²) in [6.07, 6.45) is 21.4. The lowest BCUT2D eigenvalue weighted by atomic mass is 10.1. The minimum Gasteiger partial charge on any atom is -0.462 e. The van der Waals surface area contributed by atoms with Crippen LogP contribution in [-0.4, -0.2) is 74.9 Å². The van der Waals surface area contributed by atoms with Gasteiger partial charge in [0.05, 0.1) is 27.7 Å². The average Bonchev–Trinajstić information content (AvgIpc) is 2.86. The number of rotatable bonds is 24. The van der Waals surface area contributed by atoms with Crippen LogP contribution < -0.4 is 0 Å². The van der Waals surface area contributed by atoms with Crippen molar-refractivity contribution >= 4 is 19.8 Å². The number of phosphoric ester groups is 1. The number of unbranched alkanes of at least 4 members (excludes halogenated alkanes) is 5. The van der Waals surface area contributed by atoms with E-state index in [2.05, 4.69) is 43.4 Å². The standard InChI is InChI=1S/C29H52NO8P/c1-6-8-9-10-11-12-13-14-15-16-17-18-19-20-21-22-29(32)38-27(25-35-28(31)7-2)26-37-39(33,34)36-24-23-30(3,4)5/h8-9,11-12,14-15,27H,6-7,10,13,16-26H2,1-5H3/p+1/b9-8-,12-11-,15-14-. The van der Waals surface area contributed by atoms with E-state index in [4.69, 9.17) is 18.5 Å². The molecule has 10 heteroatoms. The molecular weight excluding hydrogens is 521 g/mol. The highest BCUT2D eigenvalue weighted by Crippen LogP contribution is 2.43. The van der Waals surface area contributed by atoms with Crippen LogP contribution in [0.4, 0.5) is 0 Å². The van der Waals surface area contributed by atoms with Gasteiger partial charge in [0, 0.05) is 12.8 Å². The number of hydrogen-bond donors (Lipinski definition) is 1. The lowest BCUT2D eigenvalue weighted by molar-refractivity contribution is -0.870. The molecule has 1 N–H and O–H groups in total. The van der Waals surface area contributed by atoms with Gasteiger partial charge in [-0.05, 0) is 38.5 Å². The number of phosphoric acid groups is 1. The molecular formula is C29H53NO8P+. The Hall–Kier alpha value is -1.77. The van der Waals surface area contributed by atoms with Crippen molar-refractivity contribution < 1.29 is 42.1 Å². The minimum absolute atomic E-state index is 0.0252. The second-order valence-electron chi connectivity index (χ2n) is 10.4. The number of allylic oxidation sites excluding steroid dienone is 6. The average molecular weight is 575 g/mol. The van der Waals surface area contributed by atoms with E-state index in [1.54, 1.807) is 6.92 Å². The van der Waals surface area contributed by atoms with Crippen molar-refractivity contribution in [1.29, 1.82) is 0 Å². The van der Waals surface area contributed by atoms with Crippen molar-refractivity contribution in [1.82, 2.24) is 0 Å². The summed E-state index contributed by atoms with van der Waals surface area (Å²) >= 11 is 0. The Morgan fingerprint density at radius 2 is 1.44 bits per heavy atom. The minimum atomic E-state index is -4.34. The van der Waals surface area contributed by atoms with E-state index in [-0.39, 0.29) is 26.1 Å². The molecule has 0 aromatic heterocycles. The number of esters is 2. The van der Waals surface area contributed by atoms with E-state index in [0.29, 0.717) is 17.4 Å². The Morgan fingerprint density at radius 3 is 2.08 bits per heavy atom. The predicted octanol–water partition coefficient (Wildman–Crippen LogP) is 6.28. The fourth-order valence-electron chi connectivity index (χ4n) is 3.18. The molecule has 0 bridgehead atoms. The van der Waals surface area contributed by atoms with E-state index < -0.39 is 32.5 Å². The highest BCUT2D eigenvalue weighted by molar-refractivity contribution is 7.47. The largest absolute Gasteiger partial charge is 0.472 e. The van der Waals surface area contributed by atoms with Crippen LogP contribution in [0.15, 0.2) is 36.5 Å². The number of quaternary nitrogens is 1. The summed E-state index contributed by atoms with van der Waals surface area (Å²) in [4.78, 5) is 33.7. The lowest BCUT2D eigenvalue weighted by Gasteiger charge is -2.24. The number of carbonyl (C=O) groups is 2. The molecule has 2 atom stereocenters. The van der Waals surface area contributed by atoms with Gasteiger partial charge in [0.1, 0.15) is 19.8 Å². The Morgan fingerprint density at radius 1 is 0.821 bits per heavy atom. The maximum Gasteiger partial charge on any atom is 0.472 e. The number of hydrogen-bond acceptors (Lipinski definition) is 7. The Balaban J connectivity index is 4.22. The van der Waals surface area contributed by atoms with Crippen molar-refractivity contribution in [3.63, 3.8) is 0 Å². The number of nitrogens with zero attached hydrogens (tertiary/aromatic N) is 1. The molecule has 0 spiro atoms. The molecule has 0 radical (unpaired) electrons. The van der Waals surface area contributed by atoms with Gasteiger partial charge >= 0.3 is 19.8 Å². The van der Waals surface area contributed by atoms with Crippen molar-refractivity contribution in [2.75, 3.05) is 47.5 Å². The fraction of sp³-hybridized carbons (Fsp3) is 0.724. The molecule has 0 fully saturated rings. The van der Waals surface area contributed by atoms with Gasteiger partial charge in [0.2, 0.25) is 0 Å². The van der Waals surface area contributed by atoms with Crippen LogP contribution in [0.25, 0.3) is 0 Å². The molecule has 0 aliphatic carbocycles. The van der Waals surface area contributed by atoms with Crippen LogP contribution >= 0.6 is 7.82 Å². The van der Waals surface area contributed by atoms with Crippen molar-refractivity contribution in [3.8, 4) is 0 Å². The highest BCUT2D eigenvalue weighted by Gasteiger charge is 2.26. The van der Waals surface area contributed by atoms with Crippen LogP contribution in [0.1, 0.15) is 84.5 Å². The molecule has 0 heterocycles. The number of likely N-dealkylation sites (N-methyl/N-ethyl adjacent to an activating group) is 1. The Labute approximate surface area is 236 Å². The van der Waals surface area contributed by atoms with Gasteiger partial charge in [-0.25, -0.2) is 4.57 Å². The molecule has 0 amide bonds. The maximum absolute atomic E-state index is 12.3. The smallest absolute Gasteiger partial charge is 0.462 e. The highest BCUT2D eigenvalue weighted by atomic mass is 31.2. The third-order valence-electron chi connectivity index (χ3n) is 5.49. The van der Waals surface area contributed by atoms with E-state index in [1.807, 2.05) is 21.1 Å². The monoisotopic (exact) mass is 574 g/mol. The zero-order valence-corrected chi connectivity index (χ0v) is 25.7. The van der Waals surface area contributed by atoms with E-state index in [9.17, 15) is 19.0 Å². The molecule has 0 aromatic rings. The van der Waals surface area contributed by atoms with Crippen LogP contribution in [0.3, 0.4) is 0 Å². The zero-order valence-electron chi connectivity index (χ0n) is 24.8. The lowest BCUT2D eigenvalue weighted by Crippen LogP contribution is -2.37. The quantitative estimate of drug-likeness (QED) is 0.0472. The van der Waals surface area contributed by atoms with E-state index >= 15 is 0 Å². The summed E-state index contributed by atoms with van der Waals surface area (Å²) in [6.45, 7) is 3.64. The van der Waals surface area contributed by atoms with Crippen LogP contribution in [0.5, 0.6) is 0 Å². The van der Waals surface area contributed by atoms with Gasteiger partial charge in [-0.3, -0.25) is 18.6 Å². The first-order chi connectivity index (χ1) is 18.5. The van der Waals surface area contributed by atoms with Crippen LogP contribution in [0, 0.1) is 0 Å². The molecule has 0 saturated heterocycles. The van der Waals surface area contributed by atoms with E-state index in [1.165, 1.54) is 0 Å². The van der Waals surface area contributed by atoms with Gasteiger partial charge < -0.3 is 18.9 Å². The summed E-state index contributed by atoms with van der Waals surface area (Å²) in [5.74, 6) is -0.926. The first-order valence-corrected chi connectivity index (χ1v) is 15.7. The van der Waals surface area contributed by atoms with Gasteiger partial charge in [0.15, 0.2) is 6.10 Å². The Kier molecular flexibility index (Phi) is 21.9. The Bertz CT molecular complexity index is 789. The molecule has 9 nitrogen and oxygen atoms in total. The van der Waals surface area contributed by atoms with Gasteiger partial charge in [0.25, 0.3) is 0 Å². The van der Waals surface area contributed by atoms with Gasteiger partial charge in [-0.1, -0.05) is 69.6 Å². The third kappa shape index (κ3) is 26.2. The third-order valence-corrected chi connectivity index (χ3v) is 6.47. The van der Waals surface area contributed by atoms with Crippen molar-refractivity contribution in [2.45, 2.75) is 90.6 Å². The predicted molar refractivity (Wildman–Crippen MR) is 155 cm³/mol. The summed E-state index contributed by atoms with van der Waals surface area (Å²) in [6, 6.07) is 0. The first-order valence-electron chi connectivity index (χ1n) is 14.2. The molecule has 0 saturated carbocycles. The second-order valence-corrected chi connectivity index (χ2v) is 11.8. The summed E-state index contributed by atoms with van der Waals surface area (Å²) in [5, 5.41) is 0. The summed E-state index contributed by atoms with van der Waals surface area (Å²) < 4.78 is 33.1. The molecule has 39 heavy (non-hydrogen) atoms. The molecule has 226 valence electrons. The number of ether oxygens (including phenoxy) is 2. The fourth-order valence-corrected chi connectivity index (χ4v) is 3.92. The van der Waals surface area contributed by atoms with Crippen molar-refractivity contribution in [3.05, 3.63) is 36.5 Å².